The number of nitrogens with zero attached hydrogens (tertiary/aromatic N) is 2. The summed E-state index contributed by atoms with van der Waals surface area (Å²) in [5.41, 5.74) is 3.01. The van der Waals surface area contributed by atoms with Gasteiger partial charge in [-0.25, -0.2) is 0 Å². The minimum absolute atomic E-state index is 0.00550. The number of Topliss-reactive ketones (excluding diaryl/α,β-unsaturated/α-hetero) is 2. The summed E-state index contributed by atoms with van der Waals surface area (Å²) in [6.07, 6.45) is 0.150. The van der Waals surface area contributed by atoms with Gasteiger partial charge in [-0.1, -0.05) is 0 Å². The summed E-state index contributed by atoms with van der Waals surface area (Å²) in [7, 11) is 8.11. The minimum atomic E-state index is -2.71. The van der Waals surface area contributed by atoms with Crippen LogP contribution in [0, 0.1) is 11.8 Å². The van der Waals surface area contributed by atoms with Gasteiger partial charge >= 0.3 is 5.97 Å². The molecule has 42 heavy (non-hydrogen) atoms. The number of carbonyl (C=O) groups is 4. The van der Waals surface area contributed by atoms with Gasteiger partial charge in [0, 0.05) is 44.8 Å². The molecule has 0 heterocycles. The van der Waals surface area contributed by atoms with E-state index in [0.29, 0.717) is 16.8 Å². The number of hydrogen-bond donors (Lipinski definition) is 5. The van der Waals surface area contributed by atoms with Crippen LogP contribution in [-0.4, -0.2) is 109 Å². The number of aliphatic hydroxyl groups excluding tert-OH is 2. The number of ether oxygens (including phenoxy) is 2. The van der Waals surface area contributed by atoms with Gasteiger partial charge in [-0.2, -0.15) is 0 Å². The van der Waals surface area contributed by atoms with Gasteiger partial charge in [0.15, 0.2) is 11.4 Å². The summed E-state index contributed by atoms with van der Waals surface area (Å²) >= 11 is 0. The number of amides is 1. The topological polar surface area (TPSA) is 200 Å². The third-order valence-corrected chi connectivity index (χ3v) is 8.41. The molecule has 13 nitrogen and oxygen atoms in total. The Morgan fingerprint density at radius 1 is 1.12 bits per heavy atom. The molecule has 1 fully saturated rings. The van der Waals surface area contributed by atoms with E-state index in [1.54, 1.807) is 39.2 Å². The fourth-order valence-electron chi connectivity index (χ4n) is 6.48. The Labute approximate surface area is 242 Å². The molecule has 3 aliphatic rings. The van der Waals surface area contributed by atoms with Crippen LogP contribution < -0.4 is 10.6 Å². The first-order valence-electron chi connectivity index (χ1n) is 13.5. The van der Waals surface area contributed by atoms with Gasteiger partial charge in [-0.3, -0.25) is 24.1 Å². The van der Waals surface area contributed by atoms with Crippen molar-refractivity contribution < 1.29 is 49.1 Å². The predicted octanol–water partition coefficient (Wildman–Crippen LogP) is 0.152. The second kappa shape index (κ2) is 11.4. The highest BCUT2D eigenvalue weighted by Gasteiger charge is 2.64. The quantitative estimate of drug-likeness (QED) is 0.149. The van der Waals surface area contributed by atoms with Crippen molar-refractivity contribution in [1.29, 1.82) is 0 Å². The number of likely N-dealkylation sites (N-methyl/N-ethyl adjacent to an activating group) is 1. The molecule has 0 bridgehead atoms. The molecule has 4 atom stereocenters. The lowest BCUT2D eigenvalue weighted by Gasteiger charge is -2.50. The van der Waals surface area contributed by atoms with Gasteiger partial charge in [0.25, 0.3) is 5.91 Å². The molecule has 4 rings (SSSR count). The highest BCUT2D eigenvalue weighted by atomic mass is 16.6. The van der Waals surface area contributed by atoms with Crippen molar-refractivity contribution in [2.45, 2.75) is 37.3 Å². The molecule has 0 radical (unpaired) electrons. The molecule has 0 aliphatic heterocycles. The average Bonchev–Trinajstić information content (AvgIpc) is 2.89. The van der Waals surface area contributed by atoms with Crippen LogP contribution >= 0.6 is 0 Å². The Morgan fingerprint density at radius 3 is 2.36 bits per heavy atom. The molecular weight excluding hydrogens is 550 g/mol. The molecule has 1 aromatic carbocycles. The first-order chi connectivity index (χ1) is 19.7. The SMILES string of the molecule is COCCOC(=O)CCc1cc(N(C)C)c2c(c1O)C(O)=C1C(=O)[C@@]3(O)C(O)=C(C(N)=O)C(=O)[C@H](N(C)C)[C@H]3C[C@H]1C2. The standard InChI is InChI=1S/C29H37N3O10/c1-31(2)17-12-13(6-7-18(33)42-9-8-41-5)23(34)20-15(17)10-14-11-16-22(32(3)4)25(36)21(28(30)39)27(38)29(16,40)26(37)19(14)24(20)35/h12,14,16,22,34-35,38,40H,6-11H2,1-5H3,(H2,30,39)/t14-,16-,22-,29-/m1/s1. The minimum Gasteiger partial charge on any atom is -0.508 e. The molecule has 0 saturated heterocycles. The maximum Gasteiger partial charge on any atom is 0.306 e. The van der Waals surface area contributed by atoms with Gasteiger partial charge in [0.1, 0.15) is 29.4 Å². The molecule has 6 N–H and O–H groups in total. The summed E-state index contributed by atoms with van der Waals surface area (Å²) in [6.45, 7) is 0.313. The van der Waals surface area contributed by atoms with Crippen LogP contribution in [0.3, 0.4) is 0 Å². The number of nitrogens with two attached hydrogens (primary N) is 1. The van der Waals surface area contributed by atoms with E-state index in [4.69, 9.17) is 15.2 Å². The maximum absolute atomic E-state index is 14.0. The van der Waals surface area contributed by atoms with Crippen molar-refractivity contribution in [1.82, 2.24) is 4.90 Å². The first-order valence-corrected chi connectivity index (χ1v) is 13.5. The largest absolute Gasteiger partial charge is 0.508 e. The second-order valence-electron chi connectivity index (χ2n) is 11.3. The number of aliphatic hydroxyl groups is 3. The number of ketones is 2. The molecular formula is C29H37N3O10. The Hall–Kier alpha value is -3.94. The number of hydrogen-bond acceptors (Lipinski definition) is 12. The lowest BCUT2D eigenvalue weighted by atomic mass is 9.57. The van der Waals surface area contributed by atoms with Crippen LogP contribution in [0.2, 0.25) is 0 Å². The van der Waals surface area contributed by atoms with Crippen molar-refractivity contribution in [3.05, 3.63) is 39.7 Å². The van der Waals surface area contributed by atoms with Crippen molar-refractivity contribution >= 4 is 34.9 Å². The zero-order valence-electron chi connectivity index (χ0n) is 24.3. The van der Waals surface area contributed by atoms with Gasteiger partial charge in [0.05, 0.1) is 18.2 Å². The monoisotopic (exact) mass is 587 g/mol. The number of benzene rings is 1. The lowest BCUT2D eigenvalue weighted by Crippen LogP contribution is -2.65. The molecule has 0 spiro atoms. The Morgan fingerprint density at radius 2 is 1.79 bits per heavy atom. The van der Waals surface area contributed by atoms with E-state index in [2.05, 4.69) is 0 Å². The van der Waals surface area contributed by atoms with Crippen LogP contribution in [0.5, 0.6) is 5.75 Å². The van der Waals surface area contributed by atoms with Crippen LogP contribution in [0.15, 0.2) is 23.0 Å². The Kier molecular flexibility index (Phi) is 8.40. The Bertz CT molecular complexity index is 1410. The average molecular weight is 588 g/mol. The Balaban J connectivity index is 1.85. The molecule has 228 valence electrons. The van der Waals surface area contributed by atoms with E-state index in [9.17, 15) is 39.6 Å². The van der Waals surface area contributed by atoms with Crippen LogP contribution in [0.4, 0.5) is 5.69 Å². The van der Waals surface area contributed by atoms with Crippen molar-refractivity contribution in [2.75, 3.05) is 53.4 Å². The third kappa shape index (κ3) is 4.80. The van der Waals surface area contributed by atoms with Crippen molar-refractivity contribution in [2.24, 2.45) is 17.6 Å². The second-order valence-corrected chi connectivity index (χ2v) is 11.3. The molecule has 1 amide bonds. The molecule has 13 heteroatoms. The molecule has 0 unspecified atom stereocenters. The normalized spacial score (nSPS) is 25.3. The van der Waals surface area contributed by atoms with E-state index in [1.165, 1.54) is 12.0 Å². The summed E-state index contributed by atoms with van der Waals surface area (Å²) in [5.74, 6) is -7.61. The predicted molar refractivity (Wildman–Crippen MR) is 150 cm³/mol. The fourth-order valence-corrected chi connectivity index (χ4v) is 6.48. The number of aryl methyl sites for hydroxylation is 1. The number of aromatic hydroxyl groups is 1. The van der Waals surface area contributed by atoms with Gasteiger partial charge < -0.3 is 40.5 Å². The van der Waals surface area contributed by atoms with E-state index in [-0.39, 0.29) is 55.8 Å². The van der Waals surface area contributed by atoms with Crippen LogP contribution in [-0.2, 0) is 41.5 Å². The van der Waals surface area contributed by atoms with Crippen LogP contribution in [0.25, 0.3) is 5.76 Å². The summed E-state index contributed by atoms with van der Waals surface area (Å²) in [6, 6.07) is 0.547. The highest BCUT2D eigenvalue weighted by Crippen LogP contribution is 2.54. The highest BCUT2D eigenvalue weighted by molar-refractivity contribution is 6.24. The lowest BCUT2D eigenvalue weighted by molar-refractivity contribution is -0.153. The van der Waals surface area contributed by atoms with Crippen LogP contribution in [0.1, 0.15) is 29.5 Å². The number of methoxy groups -OCH3 is 1. The smallest absolute Gasteiger partial charge is 0.306 e. The number of carbonyl (C=O) groups excluding carboxylic acids is 4. The van der Waals surface area contributed by atoms with Crippen molar-refractivity contribution in [3.8, 4) is 5.75 Å². The van der Waals surface area contributed by atoms with Gasteiger partial charge in [-0.15, -0.1) is 0 Å². The molecule has 0 aromatic heterocycles. The zero-order chi connectivity index (χ0) is 31.3. The van der Waals surface area contributed by atoms with Gasteiger partial charge in [-0.05, 0) is 56.5 Å². The number of primary amides is 1. The summed E-state index contributed by atoms with van der Waals surface area (Å²) in [5, 5.41) is 45.6. The zero-order valence-corrected chi connectivity index (χ0v) is 24.3. The first kappa shape index (κ1) is 31.0. The fraction of sp³-hybridized carbons (Fsp3) is 0.517. The maximum atomic E-state index is 14.0. The van der Waals surface area contributed by atoms with E-state index in [1.807, 2.05) is 0 Å². The molecule has 3 aliphatic carbocycles. The number of phenolic OH excluding ortho intramolecular Hbond substituents is 1. The van der Waals surface area contributed by atoms with E-state index < -0.39 is 64.0 Å². The summed E-state index contributed by atoms with van der Waals surface area (Å²) in [4.78, 5) is 54.8. The van der Waals surface area contributed by atoms with E-state index >= 15 is 0 Å². The number of anilines is 1. The summed E-state index contributed by atoms with van der Waals surface area (Å²) < 4.78 is 9.96. The van der Waals surface area contributed by atoms with Crippen molar-refractivity contribution in [3.63, 3.8) is 0 Å². The van der Waals surface area contributed by atoms with Gasteiger partial charge in [0.2, 0.25) is 5.78 Å². The number of fused-ring (bicyclic) bond motifs is 3. The third-order valence-electron chi connectivity index (χ3n) is 8.41. The molecule has 1 aromatic rings. The molecule has 1 saturated carbocycles. The number of rotatable bonds is 9. The number of phenols is 1. The van der Waals surface area contributed by atoms with E-state index in [0.717, 1.165) is 0 Å². The number of esters is 1.